The fourth-order valence-electron chi connectivity index (χ4n) is 4.79. The van der Waals surface area contributed by atoms with E-state index in [2.05, 4.69) is 4.72 Å². The molecule has 1 aliphatic rings. The van der Waals surface area contributed by atoms with E-state index in [1.54, 1.807) is 50.2 Å². The van der Waals surface area contributed by atoms with Gasteiger partial charge < -0.3 is 15.4 Å². The molecule has 0 radical (unpaired) electrons. The topological polar surface area (TPSA) is 143 Å². The van der Waals surface area contributed by atoms with Gasteiger partial charge in [0.2, 0.25) is 15.9 Å². The Hall–Kier alpha value is -3.76. The van der Waals surface area contributed by atoms with Crippen molar-refractivity contribution >= 4 is 38.5 Å². The molecule has 1 aliphatic heterocycles. The maximum absolute atomic E-state index is 13.8. The lowest BCUT2D eigenvalue weighted by atomic mass is 9.96. The zero-order chi connectivity index (χ0) is 28.2. The van der Waals surface area contributed by atoms with Gasteiger partial charge in [0.15, 0.2) is 0 Å². The minimum Gasteiger partial charge on any atom is -0.463 e. The number of hydrogen-bond donors (Lipinski definition) is 3. The van der Waals surface area contributed by atoms with Crippen LogP contribution in [0.25, 0.3) is 10.8 Å². The standard InChI is InChI=1S/C29H34N4O5S/c1-19(2)38-29(35)24-11-6-14-33(18-24)28(34)26(16-20-7-5-10-23(15-20)27(30)31)32-39(36,37)25-13-12-21-8-3-4-9-22(21)17-25/h3-5,7-10,12-13,15,17,19,24,26,32H,6,11,14,16,18H2,1-2H3,(H3,30,31)/t24-,26-/m0/s1. The molecule has 1 amide bonds. The van der Waals surface area contributed by atoms with E-state index in [1.807, 2.05) is 24.3 Å². The number of nitrogens with zero attached hydrogens (tertiary/aromatic N) is 1. The second-order valence-corrected chi connectivity index (χ2v) is 11.8. The molecular formula is C29H34N4O5S. The molecule has 3 aromatic carbocycles. The molecule has 4 N–H and O–H groups in total. The van der Waals surface area contributed by atoms with Gasteiger partial charge in [0.05, 0.1) is 16.9 Å². The van der Waals surface area contributed by atoms with Crippen LogP contribution in [-0.4, -0.2) is 56.3 Å². The Bertz CT molecular complexity index is 1490. The van der Waals surface area contributed by atoms with Gasteiger partial charge in [-0.3, -0.25) is 15.0 Å². The Labute approximate surface area is 228 Å². The van der Waals surface area contributed by atoms with E-state index in [1.165, 1.54) is 11.0 Å². The molecular weight excluding hydrogens is 516 g/mol. The molecule has 0 spiro atoms. The number of ether oxygens (including phenoxy) is 1. The largest absolute Gasteiger partial charge is 0.463 e. The predicted octanol–water partition coefficient (Wildman–Crippen LogP) is 3.20. The minimum atomic E-state index is -4.08. The van der Waals surface area contributed by atoms with Crippen molar-refractivity contribution < 1.29 is 22.7 Å². The van der Waals surface area contributed by atoms with E-state index < -0.39 is 27.9 Å². The minimum absolute atomic E-state index is 0.0460. The molecule has 0 unspecified atom stereocenters. The maximum Gasteiger partial charge on any atom is 0.310 e. The van der Waals surface area contributed by atoms with Crippen LogP contribution in [0.4, 0.5) is 0 Å². The van der Waals surface area contributed by atoms with Crippen LogP contribution in [-0.2, 0) is 30.8 Å². The third-order valence-electron chi connectivity index (χ3n) is 6.72. The molecule has 1 saturated heterocycles. The summed E-state index contributed by atoms with van der Waals surface area (Å²) in [6.07, 6.45) is 0.986. The monoisotopic (exact) mass is 550 g/mol. The van der Waals surface area contributed by atoms with Crippen LogP contribution in [0.15, 0.2) is 71.6 Å². The van der Waals surface area contributed by atoms with E-state index in [9.17, 15) is 18.0 Å². The average molecular weight is 551 g/mol. The van der Waals surface area contributed by atoms with Crippen LogP contribution in [0.5, 0.6) is 0 Å². The van der Waals surface area contributed by atoms with E-state index in [-0.39, 0.29) is 35.8 Å². The molecule has 0 aromatic heterocycles. The number of nitrogens with two attached hydrogens (primary N) is 1. The van der Waals surface area contributed by atoms with Crippen molar-refractivity contribution in [3.8, 4) is 0 Å². The van der Waals surface area contributed by atoms with Crippen molar-refractivity contribution in [2.75, 3.05) is 13.1 Å². The third kappa shape index (κ3) is 7.01. The number of carbonyl (C=O) groups is 2. The number of amides is 1. The zero-order valence-corrected chi connectivity index (χ0v) is 22.9. The van der Waals surface area contributed by atoms with Gasteiger partial charge in [0, 0.05) is 18.7 Å². The molecule has 0 aliphatic carbocycles. The van der Waals surface area contributed by atoms with E-state index in [0.29, 0.717) is 30.5 Å². The molecule has 1 fully saturated rings. The number of esters is 1. The number of likely N-dealkylation sites (tertiary alicyclic amines) is 1. The van der Waals surface area contributed by atoms with Crippen molar-refractivity contribution in [1.29, 1.82) is 5.41 Å². The molecule has 39 heavy (non-hydrogen) atoms. The fraction of sp³-hybridized carbons (Fsp3) is 0.345. The molecule has 4 rings (SSSR count). The Morgan fingerprint density at radius 3 is 2.54 bits per heavy atom. The number of fused-ring (bicyclic) bond motifs is 1. The van der Waals surface area contributed by atoms with Crippen LogP contribution in [0, 0.1) is 11.3 Å². The number of carbonyl (C=O) groups excluding carboxylic acids is 2. The highest BCUT2D eigenvalue weighted by molar-refractivity contribution is 7.89. The number of nitrogens with one attached hydrogen (secondary N) is 2. The SMILES string of the molecule is CC(C)OC(=O)[C@H]1CCCN(C(=O)[C@H](Cc2cccc(C(=N)N)c2)NS(=O)(=O)c2ccc3ccccc3c2)C1. The molecule has 2 atom stereocenters. The summed E-state index contributed by atoms with van der Waals surface area (Å²) < 4.78 is 35.0. The van der Waals surface area contributed by atoms with E-state index in [4.69, 9.17) is 15.9 Å². The number of sulfonamides is 1. The average Bonchev–Trinajstić information content (AvgIpc) is 2.91. The number of rotatable bonds is 9. The normalized spacial score (nSPS) is 16.7. The highest BCUT2D eigenvalue weighted by Crippen LogP contribution is 2.23. The van der Waals surface area contributed by atoms with Gasteiger partial charge in [-0.2, -0.15) is 4.72 Å². The first-order valence-corrected chi connectivity index (χ1v) is 14.5. The van der Waals surface area contributed by atoms with Crippen LogP contribution in [0.1, 0.15) is 37.8 Å². The fourth-order valence-corrected chi connectivity index (χ4v) is 6.01. The Kier molecular flexibility index (Phi) is 8.66. The molecule has 0 bridgehead atoms. The third-order valence-corrected chi connectivity index (χ3v) is 8.19. The van der Waals surface area contributed by atoms with Crippen LogP contribution >= 0.6 is 0 Å². The Morgan fingerprint density at radius 2 is 1.82 bits per heavy atom. The van der Waals surface area contributed by atoms with Gasteiger partial charge in [0.25, 0.3) is 0 Å². The molecule has 10 heteroatoms. The van der Waals surface area contributed by atoms with Crippen molar-refractivity contribution in [3.05, 3.63) is 77.9 Å². The van der Waals surface area contributed by atoms with Crippen molar-refractivity contribution in [3.63, 3.8) is 0 Å². The van der Waals surface area contributed by atoms with Crippen LogP contribution in [0.3, 0.4) is 0 Å². The summed E-state index contributed by atoms with van der Waals surface area (Å²) in [5, 5.41) is 9.40. The molecule has 9 nitrogen and oxygen atoms in total. The number of amidine groups is 1. The molecule has 0 saturated carbocycles. The molecule has 3 aromatic rings. The number of benzene rings is 3. The summed E-state index contributed by atoms with van der Waals surface area (Å²) in [7, 11) is -4.08. The first kappa shape index (κ1) is 28.3. The van der Waals surface area contributed by atoms with Crippen molar-refractivity contribution in [2.24, 2.45) is 11.7 Å². The number of piperidine rings is 1. The highest BCUT2D eigenvalue weighted by Gasteiger charge is 2.35. The second kappa shape index (κ2) is 12.0. The van der Waals surface area contributed by atoms with E-state index in [0.717, 1.165) is 10.8 Å². The summed E-state index contributed by atoms with van der Waals surface area (Å²) >= 11 is 0. The number of hydrogen-bond acceptors (Lipinski definition) is 6. The predicted molar refractivity (Wildman–Crippen MR) is 150 cm³/mol. The summed E-state index contributed by atoms with van der Waals surface area (Å²) in [5.74, 6) is -1.37. The first-order chi connectivity index (χ1) is 18.5. The van der Waals surface area contributed by atoms with Crippen molar-refractivity contribution in [2.45, 2.75) is 50.2 Å². The summed E-state index contributed by atoms with van der Waals surface area (Å²) in [6.45, 7) is 4.12. The van der Waals surface area contributed by atoms with E-state index >= 15 is 0 Å². The lowest BCUT2D eigenvalue weighted by molar-refractivity contribution is -0.155. The first-order valence-electron chi connectivity index (χ1n) is 13.0. The summed E-state index contributed by atoms with van der Waals surface area (Å²) in [4.78, 5) is 28.0. The second-order valence-electron chi connectivity index (χ2n) is 10.1. The Morgan fingerprint density at radius 1 is 1.08 bits per heavy atom. The van der Waals surface area contributed by atoms with Gasteiger partial charge in [0.1, 0.15) is 11.9 Å². The quantitative estimate of drug-likeness (QED) is 0.212. The summed E-state index contributed by atoms with van der Waals surface area (Å²) in [5.41, 5.74) is 6.77. The van der Waals surface area contributed by atoms with Gasteiger partial charge >= 0.3 is 5.97 Å². The van der Waals surface area contributed by atoms with Crippen LogP contribution < -0.4 is 10.5 Å². The highest BCUT2D eigenvalue weighted by atomic mass is 32.2. The molecule has 1 heterocycles. The summed E-state index contributed by atoms with van der Waals surface area (Å²) in [6, 6.07) is 17.9. The Balaban J connectivity index is 1.63. The lowest BCUT2D eigenvalue weighted by Crippen LogP contribution is -2.53. The maximum atomic E-state index is 13.8. The smallest absolute Gasteiger partial charge is 0.310 e. The molecule has 206 valence electrons. The van der Waals surface area contributed by atoms with Gasteiger partial charge in [-0.15, -0.1) is 0 Å². The van der Waals surface area contributed by atoms with Gasteiger partial charge in [-0.25, -0.2) is 8.42 Å². The van der Waals surface area contributed by atoms with Crippen molar-refractivity contribution in [1.82, 2.24) is 9.62 Å². The lowest BCUT2D eigenvalue weighted by Gasteiger charge is -2.34. The van der Waals surface area contributed by atoms with Gasteiger partial charge in [-0.05, 0) is 67.6 Å². The van der Waals surface area contributed by atoms with Crippen LogP contribution in [0.2, 0.25) is 0 Å². The number of nitrogen functional groups attached to an aromatic ring is 1. The van der Waals surface area contributed by atoms with Gasteiger partial charge in [-0.1, -0.05) is 48.5 Å². The zero-order valence-electron chi connectivity index (χ0n) is 22.1.